The van der Waals surface area contributed by atoms with Gasteiger partial charge in [0.15, 0.2) is 0 Å². The Hall–Kier alpha value is -1.33. The summed E-state index contributed by atoms with van der Waals surface area (Å²) in [5.74, 6) is 0. The molecule has 1 aromatic carbocycles. The van der Waals surface area contributed by atoms with E-state index in [1.165, 1.54) is 12.1 Å². The number of benzene rings is 1. The highest BCUT2D eigenvalue weighted by molar-refractivity contribution is 5.32. The highest BCUT2D eigenvalue weighted by atomic mass is 15.3. The summed E-state index contributed by atoms with van der Waals surface area (Å²) in [7, 11) is 4.52. The summed E-state index contributed by atoms with van der Waals surface area (Å²) < 4.78 is 1.04. The van der Waals surface area contributed by atoms with Crippen molar-refractivity contribution in [2.45, 2.75) is 24.7 Å². The van der Waals surface area contributed by atoms with E-state index in [4.69, 9.17) is 0 Å². The number of rotatable bonds is 1. The van der Waals surface area contributed by atoms with Gasteiger partial charge in [-0.2, -0.15) is 5.26 Å². The Labute approximate surface area is 104 Å². The van der Waals surface area contributed by atoms with Crippen LogP contribution in [0.25, 0.3) is 0 Å². The Kier molecular flexibility index (Phi) is 3.22. The highest BCUT2D eigenvalue weighted by Gasteiger charge is 2.37. The minimum absolute atomic E-state index is 0.257. The largest absolute Gasteiger partial charge is 0.328 e. The molecule has 2 rings (SSSR count). The van der Waals surface area contributed by atoms with Gasteiger partial charge in [-0.05, 0) is 18.4 Å². The van der Waals surface area contributed by atoms with Gasteiger partial charge < -0.3 is 4.48 Å². The lowest BCUT2D eigenvalue weighted by molar-refractivity contribution is -0.889. The van der Waals surface area contributed by atoms with Crippen LogP contribution in [0.15, 0.2) is 30.3 Å². The van der Waals surface area contributed by atoms with E-state index in [1.807, 2.05) is 18.2 Å². The molecular weight excluding hydrogens is 208 g/mol. The van der Waals surface area contributed by atoms with E-state index >= 15 is 0 Å². The second-order valence-electron chi connectivity index (χ2n) is 5.80. The van der Waals surface area contributed by atoms with Crippen molar-refractivity contribution in [2.24, 2.45) is 0 Å². The summed E-state index contributed by atoms with van der Waals surface area (Å²) in [6.45, 7) is 2.26. The summed E-state index contributed by atoms with van der Waals surface area (Å²) in [6, 6.07) is 12.9. The van der Waals surface area contributed by atoms with Crippen LogP contribution in [0.1, 0.15) is 24.8 Å². The Bertz CT molecular complexity index is 416. The maximum atomic E-state index is 9.63. The van der Waals surface area contributed by atoms with Crippen LogP contribution in [0.2, 0.25) is 0 Å². The van der Waals surface area contributed by atoms with E-state index in [0.29, 0.717) is 0 Å². The van der Waals surface area contributed by atoms with Crippen molar-refractivity contribution in [1.29, 1.82) is 5.26 Å². The molecule has 0 aliphatic carbocycles. The number of nitriles is 1. The maximum absolute atomic E-state index is 9.63. The second kappa shape index (κ2) is 4.50. The number of quaternary nitrogens is 1. The molecule has 1 fully saturated rings. The van der Waals surface area contributed by atoms with E-state index in [1.54, 1.807) is 0 Å². The quantitative estimate of drug-likeness (QED) is 0.679. The number of hydrogen-bond acceptors (Lipinski definition) is 1. The van der Waals surface area contributed by atoms with Crippen LogP contribution in [0.4, 0.5) is 0 Å². The zero-order valence-corrected chi connectivity index (χ0v) is 10.8. The van der Waals surface area contributed by atoms with Gasteiger partial charge >= 0.3 is 0 Å². The van der Waals surface area contributed by atoms with E-state index in [9.17, 15) is 5.26 Å². The molecule has 2 nitrogen and oxygen atoms in total. The first-order valence-electron chi connectivity index (χ1n) is 6.37. The predicted octanol–water partition coefficient (Wildman–Crippen LogP) is 2.71. The molecule has 1 saturated heterocycles. The van der Waals surface area contributed by atoms with Crippen molar-refractivity contribution < 1.29 is 4.48 Å². The minimum atomic E-state index is -0.257. The molecule has 17 heavy (non-hydrogen) atoms. The zero-order chi connectivity index (χ0) is 12.4. The predicted molar refractivity (Wildman–Crippen MR) is 69.4 cm³/mol. The molecule has 1 atom stereocenters. The number of nitrogens with zero attached hydrogens (tertiary/aromatic N) is 2. The lowest BCUT2D eigenvalue weighted by atomic mass is 9.76. The molecule has 0 saturated carbocycles. The van der Waals surface area contributed by atoms with Crippen molar-refractivity contribution in [3.8, 4) is 6.07 Å². The zero-order valence-electron chi connectivity index (χ0n) is 10.8. The van der Waals surface area contributed by atoms with Gasteiger partial charge in [-0.25, -0.2) is 0 Å². The van der Waals surface area contributed by atoms with Crippen molar-refractivity contribution >= 4 is 0 Å². The Morgan fingerprint density at radius 1 is 1.12 bits per heavy atom. The SMILES string of the molecule is C[N+]1(C)CCC[C@@](C#N)(c2ccccc2)CC1. The lowest BCUT2D eigenvalue weighted by Crippen LogP contribution is -2.41. The molecule has 0 spiro atoms. The molecule has 0 aromatic heterocycles. The van der Waals surface area contributed by atoms with E-state index in [-0.39, 0.29) is 5.41 Å². The van der Waals surface area contributed by atoms with Gasteiger partial charge in [-0.3, -0.25) is 0 Å². The molecular formula is C15H21N2+. The summed E-state index contributed by atoms with van der Waals surface area (Å²) in [5.41, 5.74) is 0.942. The standard InChI is InChI=1S/C15H21N2/c1-17(2)11-6-9-15(13-16,10-12-17)14-7-4-3-5-8-14/h3-5,7-8H,6,9-12H2,1-2H3/q+1/t15-/m1/s1. The molecule has 0 N–H and O–H groups in total. The summed E-state index contributed by atoms with van der Waals surface area (Å²) in [6.07, 6.45) is 3.10. The van der Waals surface area contributed by atoms with Crippen LogP contribution in [0.3, 0.4) is 0 Å². The number of likely N-dealkylation sites (tertiary alicyclic amines) is 1. The first-order chi connectivity index (χ1) is 8.08. The van der Waals surface area contributed by atoms with Gasteiger partial charge in [0.05, 0.1) is 38.7 Å². The van der Waals surface area contributed by atoms with Crippen LogP contribution in [-0.2, 0) is 5.41 Å². The van der Waals surface area contributed by atoms with Gasteiger partial charge in [0.2, 0.25) is 0 Å². The van der Waals surface area contributed by atoms with Gasteiger partial charge in [0.1, 0.15) is 0 Å². The third-order valence-corrected chi connectivity index (χ3v) is 4.05. The van der Waals surface area contributed by atoms with Crippen LogP contribution < -0.4 is 0 Å². The smallest absolute Gasteiger partial charge is 0.0877 e. The van der Waals surface area contributed by atoms with Crippen molar-refractivity contribution in [3.63, 3.8) is 0 Å². The molecule has 2 heteroatoms. The fraction of sp³-hybridized carbons (Fsp3) is 0.533. The second-order valence-corrected chi connectivity index (χ2v) is 5.80. The van der Waals surface area contributed by atoms with E-state index in [2.05, 4.69) is 32.3 Å². The first-order valence-corrected chi connectivity index (χ1v) is 6.37. The molecule has 0 amide bonds. The molecule has 1 aliphatic heterocycles. The molecule has 0 bridgehead atoms. The monoisotopic (exact) mass is 229 g/mol. The average molecular weight is 229 g/mol. The van der Waals surface area contributed by atoms with Crippen LogP contribution >= 0.6 is 0 Å². The summed E-state index contributed by atoms with van der Waals surface area (Å²) in [4.78, 5) is 0. The lowest BCUT2D eigenvalue weighted by Gasteiger charge is -2.29. The molecule has 1 aromatic rings. The first kappa shape index (κ1) is 12.1. The van der Waals surface area contributed by atoms with Crippen molar-refractivity contribution in [1.82, 2.24) is 0 Å². The maximum Gasteiger partial charge on any atom is 0.0877 e. The topological polar surface area (TPSA) is 23.8 Å². The van der Waals surface area contributed by atoms with Gasteiger partial charge in [-0.1, -0.05) is 30.3 Å². The van der Waals surface area contributed by atoms with E-state index < -0.39 is 0 Å². The Morgan fingerprint density at radius 3 is 2.47 bits per heavy atom. The minimum Gasteiger partial charge on any atom is -0.328 e. The normalized spacial score (nSPS) is 28.1. The van der Waals surface area contributed by atoms with Crippen LogP contribution in [-0.4, -0.2) is 31.7 Å². The molecule has 1 aliphatic rings. The van der Waals surface area contributed by atoms with Crippen molar-refractivity contribution in [3.05, 3.63) is 35.9 Å². The summed E-state index contributed by atoms with van der Waals surface area (Å²) in [5, 5.41) is 9.63. The molecule has 1 heterocycles. The molecule has 0 radical (unpaired) electrons. The van der Waals surface area contributed by atoms with Crippen LogP contribution in [0.5, 0.6) is 0 Å². The number of hydrogen-bond donors (Lipinski definition) is 0. The fourth-order valence-electron chi connectivity index (χ4n) is 2.76. The fourth-order valence-corrected chi connectivity index (χ4v) is 2.76. The molecule has 90 valence electrons. The van der Waals surface area contributed by atoms with Gasteiger partial charge in [0.25, 0.3) is 0 Å². The van der Waals surface area contributed by atoms with Gasteiger partial charge in [0, 0.05) is 6.42 Å². The van der Waals surface area contributed by atoms with Crippen LogP contribution in [0, 0.1) is 11.3 Å². The third kappa shape index (κ3) is 2.50. The van der Waals surface area contributed by atoms with E-state index in [0.717, 1.165) is 30.3 Å². The average Bonchev–Trinajstić information content (AvgIpc) is 2.50. The van der Waals surface area contributed by atoms with Crippen molar-refractivity contribution in [2.75, 3.05) is 27.2 Å². The summed E-state index contributed by atoms with van der Waals surface area (Å²) >= 11 is 0. The van der Waals surface area contributed by atoms with Gasteiger partial charge in [-0.15, -0.1) is 0 Å². The Balaban J connectivity index is 2.30. The Morgan fingerprint density at radius 2 is 1.82 bits per heavy atom. The molecule has 0 unspecified atom stereocenters. The highest BCUT2D eigenvalue weighted by Crippen LogP contribution is 2.35. The third-order valence-electron chi connectivity index (χ3n) is 4.05.